The monoisotopic (exact) mass is 314 g/mol. The van der Waals surface area contributed by atoms with Crippen molar-refractivity contribution in [2.45, 2.75) is 19.8 Å². The summed E-state index contributed by atoms with van der Waals surface area (Å²) in [6.45, 7) is 6.49. The van der Waals surface area contributed by atoms with E-state index in [1.54, 1.807) is 0 Å². The summed E-state index contributed by atoms with van der Waals surface area (Å²) in [4.78, 5) is 11.2. The third kappa shape index (κ3) is 2.48. The maximum absolute atomic E-state index is 5.06. The number of anilines is 1. The molecule has 0 atom stereocenters. The molecule has 22 heavy (non-hydrogen) atoms. The molecule has 2 aliphatic heterocycles. The smallest absolute Gasteiger partial charge is 0.139 e. The topological polar surface area (TPSA) is 30.9 Å². The van der Waals surface area contributed by atoms with E-state index in [9.17, 15) is 0 Å². The van der Waals surface area contributed by atoms with Gasteiger partial charge < -0.3 is 15.1 Å². The molecule has 4 rings (SSSR count). The van der Waals surface area contributed by atoms with Crippen molar-refractivity contribution in [1.82, 2.24) is 9.80 Å². The maximum Gasteiger partial charge on any atom is 0.139 e. The number of nitrogens with one attached hydrogen (secondary N) is 1. The van der Waals surface area contributed by atoms with Gasteiger partial charge >= 0.3 is 0 Å². The Morgan fingerprint density at radius 1 is 1.23 bits per heavy atom. The molecular formula is C17H22N4S. The Balaban J connectivity index is 1.77. The first-order valence-corrected chi connectivity index (χ1v) is 8.82. The van der Waals surface area contributed by atoms with Gasteiger partial charge in [0.1, 0.15) is 10.8 Å². The highest BCUT2D eigenvalue weighted by atomic mass is 32.1. The number of aryl methyl sites for hydroxylation is 1. The second-order valence-electron chi connectivity index (χ2n) is 6.26. The molecule has 0 unspecified atom stereocenters. The molecule has 4 nitrogen and oxygen atoms in total. The van der Waals surface area contributed by atoms with Crippen LogP contribution >= 0.6 is 11.3 Å². The van der Waals surface area contributed by atoms with E-state index in [1.165, 1.54) is 21.1 Å². The Morgan fingerprint density at radius 3 is 2.86 bits per heavy atom. The van der Waals surface area contributed by atoms with Gasteiger partial charge in [0.25, 0.3) is 0 Å². The predicted molar refractivity (Wildman–Crippen MR) is 93.7 cm³/mol. The lowest BCUT2D eigenvalue weighted by Crippen LogP contribution is -2.47. The fraction of sp³-hybridized carbons (Fsp3) is 0.471. The standard InChI is InChI=1S/C17H22N4S/c1-12-11-13-16(21-9-7-20(2)8-10-21)18-14-5-3-4-6-15(14)19-17(13)22-12/h3,5,11,19H,4,6-10H2,1-2H3. The Bertz CT molecular complexity index is 675. The number of allylic oxidation sites excluding steroid dienone is 3. The largest absolute Gasteiger partial charge is 0.353 e. The normalized spacial score (nSPS) is 21.9. The summed E-state index contributed by atoms with van der Waals surface area (Å²) in [6.07, 6.45) is 6.56. The molecule has 1 N–H and O–H groups in total. The van der Waals surface area contributed by atoms with Crippen LogP contribution in [0.1, 0.15) is 23.3 Å². The van der Waals surface area contributed by atoms with E-state index in [2.05, 4.69) is 47.3 Å². The van der Waals surface area contributed by atoms with Gasteiger partial charge in [-0.25, -0.2) is 4.99 Å². The highest BCUT2D eigenvalue weighted by Crippen LogP contribution is 2.35. The summed E-state index contributed by atoms with van der Waals surface area (Å²) < 4.78 is 0. The molecule has 3 aliphatic rings. The summed E-state index contributed by atoms with van der Waals surface area (Å²) >= 11 is 1.84. The van der Waals surface area contributed by atoms with Gasteiger partial charge in [0.2, 0.25) is 0 Å². The molecule has 1 fully saturated rings. The highest BCUT2D eigenvalue weighted by Gasteiger charge is 2.26. The number of aliphatic imine (C=N–C) groups is 1. The molecule has 0 amide bonds. The lowest BCUT2D eigenvalue weighted by molar-refractivity contribution is 0.216. The first kappa shape index (κ1) is 14.0. The minimum absolute atomic E-state index is 1.05. The van der Waals surface area contributed by atoms with E-state index < -0.39 is 0 Å². The minimum atomic E-state index is 1.05. The Hall–Kier alpha value is -1.59. The van der Waals surface area contributed by atoms with Gasteiger partial charge in [0, 0.05) is 36.8 Å². The Kier molecular flexibility index (Phi) is 3.54. The molecule has 1 aliphatic carbocycles. The lowest BCUT2D eigenvalue weighted by Gasteiger charge is -2.34. The molecule has 1 aromatic heterocycles. The summed E-state index contributed by atoms with van der Waals surface area (Å²) in [6, 6.07) is 2.28. The van der Waals surface area contributed by atoms with Gasteiger partial charge in [-0.3, -0.25) is 0 Å². The molecule has 1 saturated heterocycles. The van der Waals surface area contributed by atoms with Crippen LogP contribution < -0.4 is 5.32 Å². The van der Waals surface area contributed by atoms with Gasteiger partial charge in [0.15, 0.2) is 0 Å². The molecule has 116 valence electrons. The molecule has 3 heterocycles. The molecule has 0 radical (unpaired) electrons. The Labute approximate surface area is 135 Å². The van der Waals surface area contributed by atoms with Crippen LogP contribution in [-0.2, 0) is 0 Å². The fourth-order valence-corrected chi connectivity index (χ4v) is 4.16. The summed E-state index contributed by atoms with van der Waals surface area (Å²) in [5.41, 5.74) is 3.66. The molecule has 0 saturated carbocycles. The number of rotatable bonds is 0. The number of hydrogen-bond donors (Lipinski definition) is 1. The SMILES string of the molecule is Cc1cc2c(s1)NC1=C(C=CCC1)N=C2N1CCN(C)CC1. The van der Waals surface area contributed by atoms with E-state index in [4.69, 9.17) is 4.99 Å². The number of nitrogens with zero attached hydrogens (tertiary/aromatic N) is 3. The molecule has 0 bridgehead atoms. The number of thiophene rings is 1. The number of amidine groups is 1. The second kappa shape index (κ2) is 5.56. The van der Waals surface area contributed by atoms with E-state index in [1.807, 2.05) is 11.3 Å². The van der Waals surface area contributed by atoms with Crippen LogP contribution in [0.25, 0.3) is 0 Å². The van der Waals surface area contributed by atoms with Crippen LogP contribution in [0.4, 0.5) is 5.00 Å². The zero-order valence-electron chi connectivity index (χ0n) is 13.2. The van der Waals surface area contributed by atoms with Crippen LogP contribution in [0, 0.1) is 6.92 Å². The first-order valence-electron chi connectivity index (χ1n) is 8.00. The van der Waals surface area contributed by atoms with Gasteiger partial charge in [0.05, 0.1) is 11.3 Å². The van der Waals surface area contributed by atoms with Crippen molar-refractivity contribution in [1.29, 1.82) is 0 Å². The number of piperazine rings is 1. The van der Waals surface area contributed by atoms with E-state index in [0.29, 0.717) is 0 Å². The summed E-state index contributed by atoms with van der Waals surface area (Å²) in [5, 5.41) is 4.92. The maximum atomic E-state index is 5.06. The van der Waals surface area contributed by atoms with E-state index in [-0.39, 0.29) is 0 Å². The van der Waals surface area contributed by atoms with Crippen molar-refractivity contribution in [3.8, 4) is 0 Å². The number of fused-ring (bicyclic) bond motifs is 1. The van der Waals surface area contributed by atoms with Gasteiger partial charge in [-0.15, -0.1) is 11.3 Å². The molecular weight excluding hydrogens is 292 g/mol. The van der Waals surface area contributed by atoms with Crippen molar-refractivity contribution >= 4 is 22.2 Å². The van der Waals surface area contributed by atoms with E-state index >= 15 is 0 Å². The average Bonchev–Trinajstić information content (AvgIpc) is 2.80. The second-order valence-corrected chi connectivity index (χ2v) is 7.51. The fourth-order valence-electron chi connectivity index (χ4n) is 3.23. The van der Waals surface area contributed by atoms with Crippen LogP contribution in [0.5, 0.6) is 0 Å². The summed E-state index contributed by atoms with van der Waals surface area (Å²) in [7, 11) is 2.19. The molecule has 0 aromatic carbocycles. The van der Waals surface area contributed by atoms with Crippen molar-refractivity contribution in [2.75, 3.05) is 38.5 Å². The lowest BCUT2D eigenvalue weighted by atomic mass is 10.1. The van der Waals surface area contributed by atoms with Gasteiger partial charge in [-0.05, 0) is 39.0 Å². The van der Waals surface area contributed by atoms with Gasteiger partial charge in [-0.2, -0.15) is 0 Å². The van der Waals surface area contributed by atoms with Crippen molar-refractivity contribution in [3.05, 3.63) is 40.1 Å². The highest BCUT2D eigenvalue weighted by molar-refractivity contribution is 7.16. The zero-order valence-corrected chi connectivity index (χ0v) is 14.0. The van der Waals surface area contributed by atoms with Crippen LogP contribution in [0.3, 0.4) is 0 Å². The molecule has 1 aromatic rings. The van der Waals surface area contributed by atoms with Crippen LogP contribution in [0.15, 0.2) is 34.6 Å². The van der Waals surface area contributed by atoms with Crippen molar-refractivity contribution in [3.63, 3.8) is 0 Å². The third-order valence-corrected chi connectivity index (χ3v) is 5.50. The Morgan fingerprint density at radius 2 is 2.05 bits per heavy atom. The van der Waals surface area contributed by atoms with Crippen molar-refractivity contribution in [2.24, 2.45) is 4.99 Å². The third-order valence-electron chi connectivity index (χ3n) is 4.54. The zero-order chi connectivity index (χ0) is 15.1. The minimum Gasteiger partial charge on any atom is -0.353 e. The predicted octanol–water partition coefficient (Wildman–Crippen LogP) is 3.04. The number of hydrogen-bond acceptors (Lipinski definition) is 5. The van der Waals surface area contributed by atoms with Crippen molar-refractivity contribution < 1.29 is 0 Å². The molecule has 0 spiro atoms. The quantitative estimate of drug-likeness (QED) is 0.798. The van der Waals surface area contributed by atoms with Gasteiger partial charge in [-0.1, -0.05) is 6.08 Å². The van der Waals surface area contributed by atoms with Crippen LogP contribution in [0.2, 0.25) is 0 Å². The number of likely N-dealkylation sites (N-methyl/N-ethyl adjacent to an activating group) is 1. The summed E-state index contributed by atoms with van der Waals surface area (Å²) in [5.74, 6) is 1.15. The average molecular weight is 314 g/mol. The van der Waals surface area contributed by atoms with E-state index in [0.717, 1.165) is 50.6 Å². The molecule has 5 heteroatoms. The first-order chi connectivity index (χ1) is 10.7. The van der Waals surface area contributed by atoms with Crippen LogP contribution in [-0.4, -0.2) is 48.9 Å².